The van der Waals surface area contributed by atoms with Crippen LogP contribution in [0.3, 0.4) is 0 Å². The maximum absolute atomic E-state index is 10.5. The molecule has 1 aromatic heterocycles. The number of nitrogens with zero attached hydrogens (tertiary/aromatic N) is 1. The third-order valence-corrected chi connectivity index (χ3v) is 2.30. The number of carbonyl (C=O) groups excluding carboxylic acids is 1. The van der Waals surface area contributed by atoms with E-state index >= 15 is 0 Å². The van der Waals surface area contributed by atoms with Crippen LogP contribution in [0.1, 0.15) is 11.3 Å². The van der Waals surface area contributed by atoms with Crippen LogP contribution in [0.15, 0.2) is 24.1 Å². The number of hydrogen-bond acceptors (Lipinski definition) is 5. The van der Waals surface area contributed by atoms with Gasteiger partial charge in [-0.1, -0.05) is 0 Å². The van der Waals surface area contributed by atoms with Crippen LogP contribution < -0.4 is 0 Å². The molecular weight excluding hydrogens is 230 g/mol. The van der Waals surface area contributed by atoms with Gasteiger partial charge in [0.25, 0.3) is 6.47 Å². The van der Waals surface area contributed by atoms with Gasteiger partial charge < -0.3 is 4.74 Å². The minimum atomic E-state index is -2.62. The van der Waals surface area contributed by atoms with E-state index in [0.717, 1.165) is 11.3 Å². The Kier molecular flexibility index (Phi) is 4.65. The van der Waals surface area contributed by atoms with E-state index in [1.807, 2.05) is 6.92 Å². The van der Waals surface area contributed by atoms with Crippen molar-refractivity contribution in [1.29, 1.82) is 0 Å². The summed E-state index contributed by atoms with van der Waals surface area (Å²) in [5.41, 5.74) is 1.53. The average molecular weight is 241 g/mol. The Labute approximate surface area is 94.7 Å². The molecule has 0 radical (unpaired) electrons. The van der Waals surface area contributed by atoms with Gasteiger partial charge in [0.2, 0.25) is 0 Å². The lowest BCUT2D eigenvalue weighted by atomic mass is 10.2. The number of aromatic nitrogens is 1. The van der Waals surface area contributed by atoms with Crippen molar-refractivity contribution in [3.8, 4) is 0 Å². The largest absolute Gasteiger partial charge is 0.432 e. The van der Waals surface area contributed by atoms with Crippen LogP contribution >= 0.6 is 0 Å². The Balaban J connectivity index is 2.96. The highest BCUT2D eigenvalue weighted by Gasteiger charge is 2.01. The molecule has 0 aromatic carbocycles. The number of rotatable bonds is 5. The van der Waals surface area contributed by atoms with Gasteiger partial charge in [-0.2, -0.15) is 0 Å². The fraction of sp³-hybridized carbons (Fsp3) is 0.200. The van der Waals surface area contributed by atoms with Crippen LogP contribution in [-0.2, 0) is 20.2 Å². The maximum Gasteiger partial charge on any atom is 0.298 e. The van der Waals surface area contributed by atoms with Gasteiger partial charge in [0.1, 0.15) is 22.2 Å². The minimum absolute atomic E-state index is 0.0942. The molecule has 0 aliphatic heterocycles. The summed E-state index contributed by atoms with van der Waals surface area (Å²) in [5.74, 6) is -0.202. The maximum atomic E-state index is 10.5. The molecular formula is C10H11NO4S. The monoisotopic (exact) mass is 241 g/mol. The molecule has 0 unspecified atom stereocenters. The second kappa shape index (κ2) is 6.02. The first kappa shape index (κ1) is 12.4. The highest BCUT2D eigenvalue weighted by atomic mass is 32.2. The van der Waals surface area contributed by atoms with E-state index in [-0.39, 0.29) is 18.0 Å². The fourth-order valence-electron chi connectivity index (χ4n) is 1.15. The van der Waals surface area contributed by atoms with Crippen LogP contribution in [0.5, 0.6) is 0 Å². The number of thiol groups is 1. The van der Waals surface area contributed by atoms with Crippen molar-refractivity contribution in [3.05, 3.63) is 35.3 Å². The Morgan fingerprint density at radius 3 is 2.88 bits per heavy atom. The Morgan fingerprint density at radius 1 is 1.56 bits per heavy atom. The van der Waals surface area contributed by atoms with E-state index in [1.54, 1.807) is 18.3 Å². The molecule has 1 aromatic rings. The van der Waals surface area contributed by atoms with Crippen LogP contribution in [0, 0.1) is 6.92 Å². The molecule has 0 amide bonds. The lowest BCUT2D eigenvalue weighted by Crippen LogP contribution is -1.98. The van der Waals surface area contributed by atoms with Crippen molar-refractivity contribution >= 4 is 23.3 Å². The zero-order chi connectivity index (χ0) is 12.0. The Morgan fingerprint density at radius 2 is 2.31 bits per heavy atom. The number of carbonyl (C=O) groups is 1. The molecule has 86 valence electrons. The molecule has 5 nitrogen and oxygen atoms in total. The fourth-order valence-corrected chi connectivity index (χ4v) is 1.57. The van der Waals surface area contributed by atoms with Gasteiger partial charge in [-0.15, -0.1) is 0 Å². The van der Waals surface area contributed by atoms with Crippen molar-refractivity contribution in [3.63, 3.8) is 0 Å². The molecule has 0 atom stereocenters. The van der Waals surface area contributed by atoms with Gasteiger partial charge in [-0.25, -0.2) is 8.42 Å². The molecule has 0 bridgehead atoms. The van der Waals surface area contributed by atoms with Crippen molar-refractivity contribution in [2.75, 3.05) is 5.75 Å². The highest BCUT2D eigenvalue weighted by Crippen LogP contribution is 2.08. The molecule has 1 heterocycles. The first-order valence-corrected chi connectivity index (χ1v) is 5.83. The zero-order valence-corrected chi connectivity index (χ0v) is 9.52. The molecule has 16 heavy (non-hydrogen) atoms. The molecule has 0 saturated carbocycles. The summed E-state index contributed by atoms with van der Waals surface area (Å²) in [6.07, 6.45) is 3.09. The van der Waals surface area contributed by atoms with Gasteiger partial charge in [0, 0.05) is 11.9 Å². The van der Waals surface area contributed by atoms with E-state index in [4.69, 9.17) is 0 Å². The summed E-state index contributed by atoms with van der Waals surface area (Å²) in [6, 6.07) is 3.45. The SMILES string of the molecule is Cc1cc(/C=C(/C[SH](=O)=O)OC=O)ccn1. The van der Waals surface area contributed by atoms with Gasteiger partial charge in [-0.05, 0) is 30.7 Å². The quantitative estimate of drug-likeness (QED) is 0.462. The van der Waals surface area contributed by atoms with Gasteiger partial charge >= 0.3 is 0 Å². The number of hydrogen-bond donors (Lipinski definition) is 1. The van der Waals surface area contributed by atoms with Crippen LogP contribution in [-0.4, -0.2) is 25.6 Å². The second-order valence-electron chi connectivity index (χ2n) is 3.05. The number of aryl methyl sites for hydroxylation is 1. The molecule has 0 spiro atoms. The normalized spacial score (nSPS) is 11.5. The third-order valence-electron chi connectivity index (χ3n) is 1.73. The smallest absolute Gasteiger partial charge is 0.298 e. The predicted octanol–water partition coefficient (Wildman–Crippen LogP) is 0.515. The zero-order valence-electron chi connectivity index (χ0n) is 8.62. The van der Waals surface area contributed by atoms with E-state index < -0.39 is 10.7 Å². The number of pyridine rings is 1. The van der Waals surface area contributed by atoms with Gasteiger partial charge in [0.05, 0.1) is 0 Å². The summed E-state index contributed by atoms with van der Waals surface area (Å²) < 4.78 is 25.6. The van der Waals surface area contributed by atoms with Crippen molar-refractivity contribution in [2.45, 2.75) is 6.92 Å². The molecule has 0 saturated heterocycles. The minimum Gasteiger partial charge on any atom is -0.432 e. The number of ether oxygens (including phenoxy) is 1. The van der Waals surface area contributed by atoms with E-state index in [2.05, 4.69) is 9.72 Å². The van der Waals surface area contributed by atoms with Crippen molar-refractivity contribution in [2.24, 2.45) is 0 Å². The molecule has 0 fully saturated rings. The van der Waals surface area contributed by atoms with Crippen LogP contribution in [0.2, 0.25) is 0 Å². The molecule has 0 aliphatic rings. The second-order valence-corrected chi connectivity index (χ2v) is 4.03. The summed E-state index contributed by atoms with van der Waals surface area (Å²) in [4.78, 5) is 14.2. The van der Waals surface area contributed by atoms with E-state index in [1.165, 1.54) is 6.08 Å². The topological polar surface area (TPSA) is 73.3 Å². The Bertz CT molecular complexity index is 471. The standard InChI is InChI=1S/C10H11NO4S/c1-8-4-9(2-3-11-8)5-10(15-7-12)6-16(13)14/h2-5,7,16H,6H2,1H3/b10-5-. The highest BCUT2D eigenvalue weighted by molar-refractivity contribution is 7.72. The van der Waals surface area contributed by atoms with Crippen molar-refractivity contribution in [1.82, 2.24) is 4.98 Å². The molecule has 0 aliphatic carbocycles. The summed E-state index contributed by atoms with van der Waals surface area (Å²) in [7, 11) is -2.62. The summed E-state index contributed by atoms with van der Waals surface area (Å²) in [6.45, 7) is 2.02. The van der Waals surface area contributed by atoms with E-state index in [0.29, 0.717) is 0 Å². The van der Waals surface area contributed by atoms with E-state index in [9.17, 15) is 13.2 Å². The summed E-state index contributed by atoms with van der Waals surface area (Å²) in [5, 5.41) is 0. The molecule has 0 N–H and O–H groups in total. The Hall–Kier alpha value is -1.69. The molecule has 6 heteroatoms. The van der Waals surface area contributed by atoms with Gasteiger partial charge in [0.15, 0.2) is 0 Å². The average Bonchev–Trinajstić information content (AvgIpc) is 2.16. The van der Waals surface area contributed by atoms with Gasteiger partial charge in [-0.3, -0.25) is 9.78 Å². The first-order chi connectivity index (χ1) is 7.61. The molecule has 1 rings (SSSR count). The van der Waals surface area contributed by atoms with Crippen molar-refractivity contribution < 1.29 is 17.9 Å². The predicted molar refractivity (Wildman–Crippen MR) is 59.3 cm³/mol. The summed E-state index contributed by atoms with van der Waals surface area (Å²) >= 11 is 0. The first-order valence-electron chi connectivity index (χ1n) is 4.47. The lowest BCUT2D eigenvalue weighted by Gasteiger charge is -2.01. The third kappa shape index (κ3) is 4.22. The van der Waals surface area contributed by atoms with Crippen LogP contribution in [0.4, 0.5) is 0 Å². The lowest BCUT2D eigenvalue weighted by molar-refractivity contribution is -0.124. The van der Waals surface area contributed by atoms with Crippen LogP contribution in [0.25, 0.3) is 6.08 Å².